The van der Waals surface area contributed by atoms with Crippen LogP contribution in [0.25, 0.3) is 0 Å². The van der Waals surface area contributed by atoms with Crippen LogP contribution >= 0.6 is 0 Å². The van der Waals surface area contributed by atoms with E-state index in [1.807, 2.05) is 30.3 Å². The third-order valence-electron chi connectivity index (χ3n) is 2.91. The third-order valence-corrected chi connectivity index (χ3v) is 4.74. The van der Waals surface area contributed by atoms with Crippen LogP contribution in [0, 0.1) is 5.92 Å². The Morgan fingerprint density at radius 3 is 2.24 bits per heavy atom. The molecular formula is C12H18N2O2S. The fraction of sp³-hybridized carbons (Fsp3) is 0.500. The average molecular weight is 254 g/mol. The quantitative estimate of drug-likeness (QED) is 0.802. The highest BCUT2D eigenvalue weighted by Gasteiger charge is 2.31. The highest BCUT2D eigenvalue weighted by atomic mass is 32.2. The molecule has 0 aromatic heterocycles. The van der Waals surface area contributed by atoms with Gasteiger partial charge in [0.2, 0.25) is 0 Å². The van der Waals surface area contributed by atoms with Crippen molar-refractivity contribution in [3.63, 3.8) is 0 Å². The van der Waals surface area contributed by atoms with Gasteiger partial charge in [-0.15, -0.1) is 0 Å². The molecule has 0 atom stereocenters. The summed E-state index contributed by atoms with van der Waals surface area (Å²) in [5, 5.41) is 0. The number of rotatable bonds is 5. The van der Waals surface area contributed by atoms with Crippen LogP contribution in [0.15, 0.2) is 30.3 Å². The van der Waals surface area contributed by atoms with Gasteiger partial charge in [-0.1, -0.05) is 18.2 Å². The monoisotopic (exact) mass is 254 g/mol. The lowest BCUT2D eigenvalue weighted by Crippen LogP contribution is -2.41. The largest absolute Gasteiger partial charge is 0.303 e. The van der Waals surface area contributed by atoms with E-state index >= 15 is 0 Å². The summed E-state index contributed by atoms with van der Waals surface area (Å²) in [6, 6.07) is 9.29. The molecule has 4 nitrogen and oxygen atoms in total. The van der Waals surface area contributed by atoms with Gasteiger partial charge in [-0.05, 0) is 30.9 Å². The fourth-order valence-electron chi connectivity index (χ4n) is 1.66. The van der Waals surface area contributed by atoms with E-state index in [2.05, 4.69) is 0 Å². The van der Waals surface area contributed by atoms with Gasteiger partial charge in [0.1, 0.15) is 0 Å². The molecule has 1 aromatic carbocycles. The Balaban J connectivity index is 2.31. The first-order valence-corrected chi connectivity index (χ1v) is 7.17. The maximum atomic E-state index is 12.2. The van der Waals surface area contributed by atoms with Crippen molar-refractivity contribution >= 4 is 15.9 Å². The number of nitrogens with zero attached hydrogens (tertiary/aromatic N) is 2. The van der Waals surface area contributed by atoms with Gasteiger partial charge in [-0.3, -0.25) is 4.31 Å². The Hall–Kier alpha value is -1.07. The average Bonchev–Trinajstić information content (AvgIpc) is 3.10. The van der Waals surface area contributed by atoms with Crippen LogP contribution in [0.2, 0.25) is 0 Å². The summed E-state index contributed by atoms with van der Waals surface area (Å²) >= 11 is 0. The van der Waals surface area contributed by atoms with E-state index in [1.54, 1.807) is 14.1 Å². The summed E-state index contributed by atoms with van der Waals surface area (Å²) in [5.41, 5.74) is 0.744. The van der Waals surface area contributed by atoms with E-state index in [9.17, 15) is 8.42 Å². The normalized spacial score (nSPS) is 16.2. The molecule has 0 radical (unpaired) electrons. The summed E-state index contributed by atoms with van der Waals surface area (Å²) in [7, 11) is -0.245. The zero-order chi connectivity index (χ0) is 12.5. The highest BCUT2D eigenvalue weighted by molar-refractivity contribution is 7.90. The first-order valence-electron chi connectivity index (χ1n) is 5.77. The van der Waals surface area contributed by atoms with Crippen molar-refractivity contribution in [1.29, 1.82) is 0 Å². The summed E-state index contributed by atoms with van der Waals surface area (Å²) in [6.07, 6.45) is 2.26. The first-order chi connectivity index (χ1) is 8.01. The molecule has 0 heterocycles. The van der Waals surface area contributed by atoms with Crippen molar-refractivity contribution in [2.45, 2.75) is 12.8 Å². The molecule has 1 aromatic rings. The molecular weight excluding hydrogens is 236 g/mol. The van der Waals surface area contributed by atoms with Crippen molar-refractivity contribution in [2.75, 3.05) is 24.9 Å². The van der Waals surface area contributed by atoms with E-state index < -0.39 is 10.2 Å². The lowest BCUT2D eigenvalue weighted by molar-refractivity contribution is 0.513. The van der Waals surface area contributed by atoms with E-state index in [0.29, 0.717) is 12.5 Å². The molecule has 17 heavy (non-hydrogen) atoms. The minimum absolute atomic E-state index is 0.518. The van der Waals surface area contributed by atoms with Gasteiger partial charge >= 0.3 is 10.2 Å². The smallest absolute Gasteiger partial charge is 0.257 e. The lowest BCUT2D eigenvalue weighted by Gasteiger charge is -2.27. The van der Waals surface area contributed by atoms with Gasteiger partial charge in [0.05, 0.1) is 5.69 Å². The fourth-order valence-corrected chi connectivity index (χ4v) is 2.84. The molecule has 0 saturated heterocycles. The molecule has 0 bridgehead atoms. The highest BCUT2D eigenvalue weighted by Crippen LogP contribution is 2.32. The van der Waals surface area contributed by atoms with Gasteiger partial charge in [0.25, 0.3) is 0 Å². The molecule has 1 aliphatic carbocycles. The molecule has 5 heteroatoms. The van der Waals surface area contributed by atoms with E-state index in [0.717, 1.165) is 18.5 Å². The van der Waals surface area contributed by atoms with Crippen molar-refractivity contribution in [3.05, 3.63) is 30.3 Å². The van der Waals surface area contributed by atoms with Gasteiger partial charge in [0.15, 0.2) is 0 Å². The van der Waals surface area contributed by atoms with Crippen molar-refractivity contribution in [2.24, 2.45) is 5.92 Å². The van der Waals surface area contributed by atoms with Crippen LogP contribution in [0.4, 0.5) is 5.69 Å². The molecule has 0 spiro atoms. The predicted octanol–water partition coefficient (Wildman–Crippen LogP) is 1.71. The molecule has 1 fully saturated rings. The SMILES string of the molecule is CN(C)S(=O)(=O)N(CC1CC1)c1ccccc1. The summed E-state index contributed by atoms with van der Waals surface area (Å²) in [5.74, 6) is 0.518. The third kappa shape index (κ3) is 2.79. The van der Waals surface area contributed by atoms with E-state index in [1.165, 1.54) is 8.61 Å². The molecule has 2 rings (SSSR count). The molecule has 94 valence electrons. The molecule has 0 unspecified atom stereocenters. The van der Waals surface area contributed by atoms with Crippen LogP contribution in [0.3, 0.4) is 0 Å². The van der Waals surface area contributed by atoms with E-state index in [4.69, 9.17) is 0 Å². The Bertz CT molecular complexity index is 467. The zero-order valence-electron chi connectivity index (χ0n) is 10.2. The molecule has 0 aliphatic heterocycles. The molecule has 1 aliphatic rings. The Labute approximate surface area is 103 Å². The minimum Gasteiger partial charge on any atom is -0.257 e. The van der Waals surface area contributed by atoms with Gasteiger partial charge in [0, 0.05) is 20.6 Å². The number of para-hydroxylation sites is 1. The minimum atomic E-state index is -3.38. The Morgan fingerprint density at radius 2 is 1.76 bits per heavy atom. The number of hydrogen-bond donors (Lipinski definition) is 0. The second-order valence-electron chi connectivity index (χ2n) is 4.60. The topological polar surface area (TPSA) is 40.6 Å². The maximum Gasteiger partial charge on any atom is 0.303 e. The van der Waals surface area contributed by atoms with Crippen LogP contribution in [-0.2, 0) is 10.2 Å². The second kappa shape index (κ2) is 4.66. The van der Waals surface area contributed by atoms with E-state index in [-0.39, 0.29) is 0 Å². The van der Waals surface area contributed by atoms with Crippen molar-refractivity contribution < 1.29 is 8.42 Å². The zero-order valence-corrected chi connectivity index (χ0v) is 11.0. The van der Waals surface area contributed by atoms with Crippen LogP contribution in [0.5, 0.6) is 0 Å². The number of benzene rings is 1. The lowest BCUT2D eigenvalue weighted by atomic mass is 10.3. The molecule has 1 saturated carbocycles. The van der Waals surface area contributed by atoms with Gasteiger partial charge < -0.3 is 0 Å². The molecule has 0 N–H and O–H groups in total. The summed E-state index contributed by atoms with van der Waals surface area (Å²) in [6.45, 7) is 0.588. The predicted molar refractivity (Wildman–Crippen MR) is 69.1 cm³/mol. The first kappa shape index (κ1) is 12.4. The maximum absolute atomic E-state index is 12.2. The van der Waals surface area contributed by atoms with Gasteiger partial charge in [-0.2, -0.15) is 12.7 Å². The van der Waals surface area contributed by atoms with Crippen LogP contribution < -0.4 is 4.31 Å². The Morgan fingerprint density at radius 1 is 1.18 bits per heavy atom. The summed E-state index contributed by atoms with van der Waals surface area (Å²) in [4.78, 5) is 0. The van der Waals surface area contributed by atoms with Crippen LogP contribution in [0.1, 0.15) is 12.8 Å². The summed E-state index contributed by atoms with van der Waals surface area (Å²) < 4.78 is 27.3. The molecule has 0 amide bonds. The van der Waals surface area contributed by atoms with Crippen molar-refractivity contribution in [1.82, 2.24) is 4.31 Å². The second-order valence-corrected chi connectivity index (χ2v) is 6.67. The Kier molecular flexibility index (Phi) is 3.40. The standard InChI is InChI=1S/C12H18N2O2S/c1-13(2)17(15,16)14(10-11-8-9-11)12-6-4-3-5-7-12/h3-7,11H,8-10H2,1-2H3. The number of anilines is 1. The van der Waals surface area contributed by atoms with Crippen molar-refractivity contribution in [3.8, 4) is 0 Å². The number of hydrogen-bond acceptors (Lipinski definition) is 2. The van der Waals surface area contributed by atoms with Crippen LogP contribution in [-0.4, -0.2) is 33.4 Å². The van der Waals surface area contributed by atoms with Gasteiger partial charge in [-0.25, -0.2) is 0 Å².